The summed E-state index contributed by atoms with van der Waals surface area (Å²) in [6.45, 7) is 4.67. The minimum Gasteiger partial charge on any atom is -0.494 e. The van der Waals surface area contributed by atoms with Crippen LogP contribution < -0.4 is 10.4 Å². The molecule has 0 aliphatic heterocycles. The van der Waals surface area contributed by atoms with Crippen LogP contribution in [0.2, 0.25) is 0 Å². The third-order valence-electron chi connectivity index (χ3n) is 2.91. The smallest absolute Gasteiger partial charge is 0.336 e. The Labute approximate surface area is 106 Å². The van der Waals surface area contributed by atoms with Gasteiger partial charge in [0.1, 0.15) is 11.3 Å². The molecule has 1 aromatic heterocycles. The fourth-order valence-corrected chi connectivity index (χ4v) is 2.04. The lowest BCUT2D eigenvalue weighted by Crippen LogP contribution is -2.01. The van der Waals surface area contributed by atoms with E-state index in [-0.39, 0.29) is 5.63 Å². The highest BCUT2D eigenvalue weighted by Crippen LogP contribution is 2.23. The largest absolute Gasteiger partial charge is 0.494 e. The molecule has 0 N–H and O–H groups in total. The lowest BCUT2D eigenvalue weighted by molar-refractivity contribution is 0.340. The Kier molecular flexibility index (Phi) is 4.03. The van der Waals surface area contributed by atoms with Crippen LogP contribution >= 0.6 is 0 Å². The van der Waals surface area contributed by atoms with Gasteiger partial charge in [-0.05, 0) is 37.5 Å². The molecular weight excluding hydrogens is 228 g/mol. The fraction of sp³-hybridized carbons (Fsp3) is 0.400. The molecule has 0 saturated heterocycles. The van der Waals surface area contributed by atoms with Crippen LogP contribution in [0.1, 0.15) is 32.3 Å². The second kappa shape index (κ2) is 5.71. The van der Waals surface area contributed by atoms with Crippen LogP contribution in [0.3, 0.4) is 0 Å². The fourth-order valence-electron chi connectivity index (χ4n) is 2.04. The highest BCUT2D eigenvalue weighted by Gasteiger charge is 2.06. The van der Waals surface area contributed by atoms with Crippen molar-refractivity contribution in [2.24, 2.45) is 0 Å². The van der Waals surface area contributed by atoms with Crippen molar-refractivity contribution in [3.8, 4) is 5.75 Å². The van der Waals surface area contributed by atoms with E-state index in [1.54, 1.807) is 12.1 Å². The molecule has 2 rings (SSSR count). The molecule has 2 aromatic rings. The average Bonchev–Trinajstić information content (AvgIpc) is 2.35. The zero-order chi connectivity index (χ0) is 13.0. The minimum absolute atomic E-state index is 0.290. The van der Waals surface area contributed by atoms with E-state index in [0.717, 1.165) is 36.0 Å². The van der Waals surface area contributed by atoms with Crippen molar-refractivity contribution in [1.29, 1.82) is 0 Å². The number of hydrogen-bond donors (Lipinski definition) is 0. The zero-order valence-electron chi connectivity index (χ0n) is 10.9. The van der Waals surface area contributed by atoms with Gasteiger partial charge in [0, 0.05) is 17.5 Å². The van der Waals surface area contributed by atoms with E-state index in [0.29, 0.717) is 12.2 Å². The van der Waals surface area contributed by atoms with E-state index in [4.69, 9.17) is 9.15 Å². The molecule has 3 heteroatoms. The molecule has 0 unspecified atom stereocenters. The third kappa shape index (κ3) is 2.73. The molecular formula is C15H18O3. The summed E-state index contributed by atoms with van der Waals surface area (Å²) >= 11 is 0. The van der Waals surface area contributed by atoms with E-state index in [9.17, 15) is 4.79 Å². The summed E-state index contributed by atoms with van der Waals surface area (Å²) < 4.78 is 10.6. The van der Waals surface area contributed by atoms with E-state index < -0.39 is 0 Å². The molecule has 0 atom stereocenters. The summed E-state index contributed by atoms with van der Waals surface area (Å²) in [7, 11) is 0. The number of rotatable bonds is 5. The lowest BCUT2D eigenvalue weighted by atomic mass is 10.0. The van der Waals surface area contributed by atoms with Crippen molar-refractivity contribution in [3.63, 3.8) is 0 Å². The Morgan fingerprint density at radius 3 is 2.78 bits per heavy atom. The van der Waals surface area contributed by atoms with Gasteiger partial charge in [-0.3, -0.25) is 0 Å². The van der Waals surface area contributed by atoms with Gasteiger partial charge in [-0.25, -0.2) is 4.79 Å². The second-order valence-corrected chi connectivity index (χ2v) is 4.29. The van der Waals surface area contributed by atoms with Gasteiger partial charge >= 0.3 is 5.63 Å². The van der Waals surface area contributed by atoms with E-state index in [2.05, 4.69) is 6.92 Å². The van der Waals surface area contributed by atoms with E-state index in [1.807, 2.05) is 19.1 Å². The number of hydrogen-bond acceptors (Lipinski definition) is 3. The average molecular weight is 246 g/mol. The van der Waals surface area contributed by atoms with Crippen LogP contribution in [-0.2, 0) is 6.42 Å². The normalized spacial score (nSPS) is 10.8. The first-order valence-electron chi connectivity index (χ1n) is 6.44. The maximum atomic E-state index is 11.5. The van der Waals surface area contributed by atoms with E-state index >= 15 is 0 Å². The molecule has 96 valence electrons. The van der Waals surface area contributed by atoms with Gasteiger partial charge < -0.3 is 9.15 Å². The summed E-state index contributed by atoms with van der Waals surface area (Å²) in [5.41, 5.74) is 1.38. The highest BCUT2D eigenvalue weighted by atomic mass is 16.5. The van der Waals surface area contributed by atoms with Gasteiger partial charge in [0.25, 0.3) is 0 Å². The Morgan fingerprint density at radius 2 is 2.06 bits per heavy atom. The Bertz CT molecular complexity index is 584. The second-order valence-electron chi connectivity index (χ2n) is 4.29. The van der Waals surface area contributed by atoms with Crippen LogP contribution in [0.4, 0.5) is 0 Å². The van der Waals surface area contributed by atoms with Crippen molar-refractivity contribution < 1.29 is 9.15 Å². The summed E-state index contributed by atoms with van der Waals surface area (Å²) in [6.07, 6.45) is 3.09. The van der Waals surface area contributed by atoms with Crippen molar-refractivity contribution in [2.45, 2.75) is 33.1 Å². The van der Waals surface area contributed by atoms with Crippen LogP contribution in [0.5, 0.6) is 5.75 Å². The molecule has 18 heavy (non-hydrogen) atoms. The quantitative estimate of drug-likeness (QED) is 0.757. The standard InChI is InChI=1S/C15H18O3/c1-3-5-6-11-9-15(16)18-14-10-12(17-4-2)7-8-13(11)14/h7-10H,3-6H2,1-2H3. The molecule has 0 aliphatic rings. The molecule has 1 aromatic carbocycles. The number of unbranched alkanes of at least 4 members (excludes halogenated alkanes) is 1. The van der Waals surface area contributed by atoms with Gasteiger partial charge in [0.15, 0.2) is 0 Å². The predicted octanol–water partition coefficient (Wildman–Crippen LogP) is 3.53. The van der Waals surface area contributed by atoms with Gasteiger partial charge in [-0.1, -0.05) is 13.3 Å². The monoisotopic (exact) mass is 246 g/mol. The molecule has 0 fully saturated rings. The Hall–Kier alpha value is -1.77. The summed E-state index contributed by atoms with van der Waals surface area (Å²) in [4.78, 5) is 11.5. The van der Waals surface area contributed by atoms with Crippen molar-refractivity contribution in [1.82, 2.24) is 0 Å². The predicted molar refractivity (Wildman–Crippen MR) is 72.3 cm³/mol. The summed E-state index contributed by atoms with van der Waals surface area (Å²) in [5.74, 6) is 0.737. The van der Waals surface area contributed by atoms with Gasteiger partial charge in [0.05, 0.1) is 6.61 Å². The number of ether oxygens (including phenoxy) is 1. The van der Waals surface area contributed by atoms with Crippen LogP contribution in [-0.4, -0.2) is 6.61 Å². The third-order valence-corrected chi connectivity index (χ3v) is 2.91. The first-order chi connectivity index (χ1) is 8.74. The zero-order valence-corrected chi connectivity index (χ0v) is 10.9. The summed E-state index contributed by atoms with van der Waals surface area (Å²) in [5, 5.41) is 1.01. The van der Waals surface area contributed by atoms with Crippen LogP contribution in [0.15, 0.2) is 33.5 Å². The molecule has 1 heterocycles. The Morgan fingerprint density at radius 1 is 1.22 bits per heavy atom. The molecule has 0 spiro atoms. The molecule has 0 amide bonds. The molecule has 3 nitrogen and oxygen atoms in total. The maximum Gasteiger partial charge on any atom is 0.336 e. The maximum absolute atomic E-state index is 11.5. The van der Waals surface area contributed by atoms with Crippen molar-refractivity contribution in [2.75, 3.05) is 6.61 Å². The van der Waals surface area contributed by atoms with Gasteiger partial charge in [-0.2, -0.15) is 0 Å². The number of fused-ring (bicyclic) bond motifs is 1. The molecule has 0 saturated carbocycles. The lowest BCUT2D eigenvalue weighted by Gasteiger charge is -2.07. The SMILES string of the molecule is CCCCc1cc(=O)oc2cc(OCC)ccc12. The topological polar surface area (TPSA) is 39.4 Å². The molecule has 0 bridgehead atoms. The van der Waals surface area contributed by atoms with Crippen LogP contribution in [0.25, 0.3) is 11.0 Å². The molecule has 0 radical (unpaired) electrons. The summed E-state index contributed by atoms with van der Waals surface area (Å²) in [6, 6.07) is 7.27. The number of benzene rings is 1. The van der Waals surface area contributed by atoms with E-state index in [1.165, 1.54) is 0 Å². The van der Waals surface area contributed by atoms with Crippen LogP contribution in [0, 0.1) is 0 Å². The van der Waals surface area contributed by atoms with Crippen molar-refractivity contribution >= 4 is 11.0 Å². The van der Waals surface area contributed by atoms with Crippen molar-refractivity contribution in [3.05, 3.63) is 40.2 Å². The Balaban J connectivity index is 2.48. The van der Waals surface area contributed by atoms with Gasteiger partial charge in [-0.15, -0.1) is 0 Å². The minimum atomic E-state index is -0.290. The van der Waals surface area contributed by atoms with Gasteiger partial charge in [0.2, 0.25) is 0 Å². The highest BCUT2D eigenvalue weighted by molar-refractivity contribution is 5.81. The first-order valence-corrected chi connectivity index (χ1v) is 6.44. The molecule has 0 aliphatic carbocycles. The first kappa shape index (κ1) is 12.7. The number of aryl methyl sites for hydroxylation is 1.